The van der Waals surface area contributed by atoms with E-state index in [4.69, 9.17) is 0 Å². The highest BCUT2D eigenvalue weighted by molar-refractivity contribution is 6.01. The lowest BCUT2D eigenvalue weighted by Crippen LogP contribution is -2.25. The number of carbonyl (C=O) groups excluding carboxylic acids is 2. The van der Waals surface area contributed by atoms with Crippen LogP contribution in [0.2, 0.25) is 0 Å². The summed E-state index contributed by atoms with van der Waals surface area (Å²) < 4.78 is 0. The third kappa shape index (κ3) is 4.86. The molecule has 0 radical (unpaired) electrons. The molecule has 3 aromatic rings. The molecule has 3 aromatic carbocycles. The van der Waals surface area contributed by atoms with Crippen molar-refractivity contribution >= 4 is 29.2 Å². The summed E-state index contributed by atoms with van der Waals surface area (Å²) in [5, 5.41) is 14.9. The van der Waals surface area contributed by atoms with Gasteiger partial charge in [0.25, 0.3) is 0 Å². The van der Waals surface area contributed by atoms with Crippen molar-refractivity contribution in [2.24, 2.45) is 11.8 Å². The number of carboxylic acids is 1. The Kier molecular flexibility index (Phi) is 6.31. The molecule has 6 heteroatoms. The smallest absolute Gasteiger partial charge is 0.323 e. The van der Waals surface area contributed by atoms with Gasteiger partial charge in [0.05, 0.1) is 5.92 Å². The van der Waals surface area contributed by atoms with E-state index in [9.17, 15) is 19.5 Å². The molecule has 0 aromatic heterocycles. The SMILES string of the molecule is O=C(Nc1ccccc1)Nc1ccc(-c2ccc(C(=O)[C@H]3CCC[C@@H]3C(=O)O)cc2)cc1. The molecule has 0 saturated heterocycles. The van der Waals surface area contributed by atoms with Crippen molar-refractivity contribution in [2.75, 3.05) is 10.6 Å². The molecule has 6 nitrogen and oxygen atoms in total. The predicted molar refractivity (Wildman–Crippen MR) is 124 cm³/mol. The van der Waals surface area contributed by atoms with E-state index in [1.807, 2.05) is 66.7 Å². The highest BCUT2D eigenvalue weighted by Gasteiger charge is 2.37. The summed E-state index contributed by atoms with van der Waals surface area (Å²) in [4.78, 5) is 36.3. The van der Waals surface area contributed by atoms with E-state index in [1.54, 1.807) is 12.1 Å². The molecule has 1 aliphatic rings. The number of nitrogens with one attached hydrogen (secondary N) is 2. The first-order valence-corrected chi connectivity index (χ1v) is 10.6. The first kappa shape index (κ1) is 21.3. The van der Waals surface area contributed by atoms with Gasteiger partial charge in [-0.3, -0.25) is 9.59 Å². The van der Waals surface area contributed by atoms with Crippen LogP contribution in [0.5, 0.6) is 0 Å². The summed E-state index contributed by atoms with van der Waals surface area (Å²) in [5.74, 6) is -2.00. The Bertz CT molecular complexity index is 1110. The second-order valence-electron chi connectivity index (χ2n) is 7.95. The number of hydrogen-bond acceptors (Lipinski definition) is 3. The number of carbonyl (C=O) groups is 3. The van der Waals surface area contributed by atoms with E-state index >= 15 is 0 Å². The lowest BCUT2D eigenvalue weighted by atomic mass is 9.88. The average Bonchev–Trinajstić information content (AvgIpc) is 3.30. The standard InChI is InChI=1S/C26H24N2O4/c29-24(22-7-4-8-23(22)25(30)31)19-11-9-17(10-12-19)18-13-15-21(16-14-18)28-26(32)27-20-5-2-1-3-6-20/h1-3,5-6,9-16,22-23H,4,7-8H2,(H,30,31)(H2,27,28,32)/t22-,23-/m0/s1. The highest BCUT2D eigenvalue weighted by Crippen LogP contribution is 2.34. The van der Waals surface area contributed by atoms with Crippen molar-refractivity contribution < 1.29 is 19.5 Å². The lowest BCUT2D eigenvalue weighted by molar-refractivity contribution is -0.142. The quantitative estimate of drug-likeness (QED) is 0.440. The molecule has 0 aliphatic heterocycles. The van der Waals surface area contributed by atoms with Gasteiger partial charge in [0.2, 0.25) is 0 Å². The Morgan fingerprint density at radius 2 is 1.22 bits per heavy atom. The predicted octanol–water partition coefficient (Wildman–Crippen LogP) is 5.68. The van der Waals surface area contributed by atoms with Crippen molar-refractivity contribution in [2.45, 2.75) is 19.3 Å². The molecule has 1 saturated carbocycles. The van der Waals surface area contributed by atoms with E-state index in [0.717, 1.165) is 17.5 Å². The van der Waals surface area contributed by atoms with Crippen LogP contribution in [0.4, 0.5) is 16.2 Å². The number of Topliss-reactive ketones (excluding diaryl/α,β-unsaturated/α-hetero) is 1. The minimum absolute atomic E-state index is 0.0922. The van der Waals surface area contributed by atoms with Gasteiger partial charge in [-0.15, -0.1) is 0 Å². The van der Waals surface area contributed by atoms with Gasteiger partial charge < -0.3 is 15.7 Å². The number of urea groups is 1. The summed E-state index contributed by atoms with van der Waals surface area (Å²) in [6.07, 6.45) is 1.96. The largest absolute Gasteiger partial charge is 0.481 e. The van der Waals surface area contributed by atoms with Crippen LogP contribution in [0, 0.1) is 11.8 Å². The van der Waals surface area contributed by atoms with Gasteiger partial charge in [-0.05, 0) is 48.2 Å². The van der Waals surface area contributed by atoms with Gasteiger partial charge in [-0.25, -0.2) is 4.79 Å². The molecule has 1 fully saturated rings. The van der Waals surface area contributed by atoms with E-state index < -0.39 is 17.8 Å². The Balaban J connectivity index is 1.39. The summed E-state index contributed by atoms with van der Waals surface area (Å²) in [7, 11) is 0. The van der Waals surface area contributed by atoms with Crippen LogP contribution in [0.3, 0.4) is 0 Å². The topological polar surface area (TPSA) is 95.5 Å². The van der Waals surface area contributed by atoms with Crippen LogP contribution < -0.4 is 10.6 Å². The highest BCUT2D eigenvalue weighted by atomic mass is 16.4. The van der Waals surface area contributed by atoms with Gasteiger partial charge in [0, 0.05) is 22.9 Å². The Morgan fingerprint density at radius 3 is 1.81 bits per heavy atom. The van der Waals surface area contributed by atoms with Crippen LogP contribution in [-0.4, -0.2) is 22.9 Å². The van der Waals surface area contributed by atoms with Gasteiger partial charge >= 0.3 is 12.0 Å². The number of aliphatic carboxylic acids is 1. The average molecular weight is 428 g/mol. The molecule has 0 heterocycles. The molecule has 0 spiro atoms. The Labute approximate surface area is 186 Å². The first-order valence-electron chi connectivity index (χ1n) is 10.6. The number of carboxylic acid groups (broad SMARTS) is 1. The van der Waals surface area contributed by atoms with Gasteiger partial charge in [0.1, 0.15) is 0 Å². The molecule has 32 heavy (non-hydrogen) atoms. The second-order valence-corrected chi connectivity index (χ2v) is 7.95. The molecule has 2 amide bonds. The molecule has 0 bridgehead atoms. The van der Waals surface area contributed by atoms with Crippen LogP contribution in [0.25, 0.3) is 11.1 Å². The minimum Gasteiger partial charge on any atom is -0.481 e. The summed E-state index contributed by atoms with van der Waals surface area (Å²) in [5.41, 5.74) is 3.80. The molecule has 1 aliphatic carbocycles. The maximum absolute atomic E-state index is 12.8. The molecule has 4 rings (SSSR count). The fraction of sp³-hybridized carbons (Fsp3) is 0.192. The summed E-state index contributed by atoms with van der Waals surface area (Å²) in [6, 6.07) is 23.5. The fourth-order valence-corrected chi connectivity index (χ4v) is 4.17. The van der Waals surface area contributed by atoms with Crippen molar-refractivity contribution in [1.29, 1.82) is 0 Å². The van der Waals surface area contributed by atoms with Crippen LogP contribution in [0.1, 0.15) is 29.6 Å². The number of ketones is 1. The molecule has 3 N–H and O–H groups in total. The summed E-state index contributed by atoms with van der Waals surface area (Å²) in [6.45, 7) is 0. The zero-order valence-corrected chi connectivity index (χ0v) is 17.5. The lowest BCUT2D eigenvalue weighted by Gasteiger charge is -2.14. The van der Waals surface area contributed by atoms with Crippen molar-refractivity contribution in [3.8, 4) is 11.1 Å². The van der Waals surface area contributed by atoms with Crippen molar-refractivity contribution in [1.82, 2.24) is 0 Å². The number of benzene rings is 3. The fourth-order valence-electron chi connectivity index (χ4n) is 4.17. The monoisotopic (exact) mass is 428 g/mol. The van der Waals surface area contributed by atoms with E-state index in [2.05, 4.69) is 10.6 Å². The molecular formula is C26H24N2O4. The Hall–Kier alpha value is -3.93. The van der Waals surface area contributed by atoms with Gasteiger partial charge in [0.15, 0.2) is 5.78 Å². The molecule has 0 unspecified atom stereocenters. The molecule has 162 valence electrons. The third-order valence-electron chi connectivity index (χ3n) is 5.85. The van der Waals surface area contributed by atoms with Gasteiger partial charge in [-0.1, -0.05) is 61.0 Å². The minimum atomic E-state index is -0.886. The molecule has 2 atom stereocenters. The molecular weight excluding hydrogens is 404 g/mol. The second kappa shape index (κ2) is 9.47. The zero-order chi connectivity index (χ0) is 22.5. The Morgan fingerprint density at radius 1 is 0.688 bits per heavy atom. The zero-order valence-electron chi connectivity index (χ0n) is 17.5. The third-order valence-corrected chi connectivity index (χ3v) is 5.85. The van der Waals surface area contributed by atoms with E-state index in [-0.39, 0.29) is 11.8 Å². The van der Waals surface area contributed by atoms with Crippen LogP contribution >= 0.6 is 0 Å². The number of para-hydroxylation sites is 1. The van der Waals surface area contributed by atoms with Crippen molar-refractivity contribution in [3.05, 3.63) is 84.4 Å². The maximum Gasteiger partial charge on any atom is 0.323 e. The van der Waals surface area contributed by atoms with Crippen LogP contribution in [-0.2, 0) is 4.79 Å². The van der Waals surface area contributed by atoms with E-state index in [1.165, 1.54) is 0 Å². The number of rotatable bonds is 6. The van der Waals surface area contributed by atoms with Crippen LogP contribution in [0.15, 0.2) is 78.9 Å². The number of amides is 2. The van der Waals surface area contributed by atoms with E-state index in [0.29, 0.717) is 29.8 Å². The number of hydrogen-bond donors (Lipinski definition) is 3. The van der Waals surface area contributed by atoms with Gasteiger partial charge in [-0.2, -0.15) is 0 Å². The van der Waals surface area contributed by atoms with Crippen molar-refractivity contribution in [3.63, 3.8) is 0 Å². The normalized spacial score (nSPS) is 17.5. The maximum atomic E-state index is 12.8. The summed E-state index contributed by atoms with van der Waals surface area (Å²) >= 11 is 0. The first-order chi connectivity index (χ1) is 15.5. The number of anilines is 2.